The molecule has 0 spiro atoms. The summed E-state index contributed by atoms with van der Waals surface area (Å²) < 4.78 is 13.8. The van der Waals surface area contributed by atoms with Crippen molar-refractivity contribution in [3.05, 3.63) is 70.5 Å². The molecule has 0 radical (unpaired) electrons. The van der Waals surface area contributed by atoms with E-state index in [0.29, 0.717) is 43.2 Å². The van der Waals surface area contributed by atoms with Crippen LogP contribution in [0.1, 0.15) is 27.1 Å². The Morgan fingerprint density at radius 3 is 1.92 bits per heavy atom. The standard InChI is InChI=1S/C19H18ClFN2O2/c20-16-8-3-1-6-14(16)18(24)22-10-5-11-23(13-12-22)19(25)15-7-2-4-9-17(15)21/h1-4,6-9H,5,10-13H2. The quantitative estimate of drug-likeness (QED) is 0.822. The topological polar surface area (TPSA) is 40.6 Å². The molecule has 0 bridgehead atoms. The van der Waals surface area contributed by atoms with Gasteiger partial charge in [-0.3, -0.25) is 9.59 Å². The summed E-state index contributed by atoms with van der Waals surface area (Å²) in [7, 11) is 0. The predicted octanol–water partition coefficient (Wildman–Crippen LogP) is 3.47. The molecule has 1 aliphatic rings. The minimum Gasteiger partial charge on any atom is -0.337 e. The summed E-state index contributed by atoms with van der Waals surface area (Å²) in [6.07, 6.45) is 0.635. The Balaban J connectivity index is 1.70. The third kappa shape index (κ3) is 3.82. The fourth-order valence-corrected chi connectivity index (χ4v) is 3.15. The van der Waals surface area contributed by atoms with Crippen molar-refractivity contribution in [2.24, 2.45) is 0 Å². The lowest BCUT2D eigenvalue weighted by atomic mass is 10.2. The second-order valence-electron chi connectivity index (χ2n) is 5.90. The van der Waals surface area contributed by atoms with E-state index in [4.69, 9.17) is 11.6 Å². The number of carbonyl (C=O) groups excluding carboxylic acids is 2. The van der Waals surface area contributed by atoms with Gasteiger partial charge in [0, 0.05) is 26.2 Å². The smallest absolute Gasteiger partial charge is 0.256 e. The predicted molar refractivity (Wildman–Crippen MR) is 94.3 cm³/mol. The molecule has 0 N–H and O–H groups in total. The van der Waals surface area contributed by atoms with Gasteiger partial charge >= 0.3 is 0 Å². The summed E-state index contributed by atoms with van der Waals surface area (Å²) in [6, 6.07) is 12.9. The van der Waals surface area contributed by atoms with E-state index >= 15 is 0 Å². The van der Waals surface area contributed by atoms with Crippen LogP contribution in [0, 0.1) is 5.82 Å². The van der Waals surface area contributed by atoms with Crippen LogP contribution in [0.5, 0.6) is 0 Å². The van der Waals surface area contributed by atoms with Crippen molar-refractivity contribution < 1.29 is 14.0 Å². The highest BCUT2D eigenvalue weighted by atomic mass is 35.5. The first kappa shape index (κ1) is 17.4. The molecule has 130 valence electrons. The van der Waals surface area contributed by atoms with Crippen molar-refractivity contribution >= 4 is 23.4 Å². The average molecular weight is 361 g/mol. The van der Waals surface area contributed by atoms with Crippen LogP contribution in [-0.4, -0.2) is 47.8 Å². The van der Waals surface area contributed by atoms with Gasteiger partial charge in [0.25, 0.3) is 11.8 Å². The monoisotopic (exact) mass is 360 g/mol. The molecule has 1 saturated heterocycles. The van der Waals surface area contributed by atoms with Gasteiger partial charge in [0.15, 0.2) is 0 Å². The Labute approximate surface area is 150 Å². The van der Waals surface area contributed by atoms with Crippen LogP contribution in [0.25, 0.3) is 0 Å². The lowest BCUT2D eigenvalue weighted by Gasteiger charge is -2.22. The number of nitrogens with zero attached hydrogens (tertiary/aromatic N) is 2. The number of rotatable bonds is 2. The summed E-state index contributed by atoms with van der Waals surface area (Å²) in [6.45, 7) is 1.78. The van der Waals surface area contributed by atoms with Crippen molar-refractivity contribution in [1.82, 2.24) is 9.80 Å². The molecule has 3 rings (SSSR count). The zero-order valence-electron chi connectivity index (χ0n) is 13.6. The maximum atomic E-state index is 13.8. The summed E-state index contributed by atoms with van der Waals surface area (Å²) in [5, 5.41) is 0.413. The molecule has 4 nitrogen and oxygen atoms in total. The molecule has 1 heterocycles. The van der Waals surface area contributed by atoms with Gasteiger partial charge in [0.1, 0.15) is 5.82 Å². The molecule has 1 fully saturated rings. The number of carbonyl (C=O) groups is 2. The Morgan fingerprint density at radius 1 is 0.800 bits per heavy atom. The molecule has 0 atom stereocenters. The maximum absolute atomic E-state index is 13.8. The van der Waals surface area contributed by atoms with Crippen molar-refractivity contribution in [2.45, 2.75) is 6.42 Å². The van der Waals surface area contributed by atoms with Crippen LogP contribution in [0.4, 0.5) is 4.39 Å². The van der Waals surface area contributed by atoms with Crippen LogP contribution in [0.3, 0.4) is 0 Å². The van der Waals surface area contributed by atoms with Gasteiger partial charge in [-0.25, -0.2) is 4.39 Å². The normalized spacial score (nSPS) is 15.0. The van der Waals surface area contributed by atoms with E-state index in [-0.39, 0.29) is 17.4 Å². The zero-order chi connectivity index (χ0) is 17.8. The second-order valence-corrected chi connectivity index (χ2v) is 6.30. The number of hydrogen-bond acceptors (Lipinski definition) is 2. The molecule has 0 saturated carbocycles. The Kier molecular flexibility index (Phi) is 5.34. The molecule has 2 amide bonds. The molecule has 0 aliphatic carbocycles. The molecule has 1 aliphatic heterocycles. The molecular weight excluding hydrogens is 343 g/mol. The Bertz CT molecular complexity index is 731. The van der Waals surface area contributed by atoms with Gasteiger partial charge in [0.2, 0.25) is 0 Å². The van der Waals surface area contributed by atoms with E-state index < -0.39 is 5.82 Å². The minimum atomic E-state index is -0.527. The first-order chi connectivity index (χ1) is 12.1. The van der Waals surface area contributed by atoms with E-state index in [1.807, 2.05) is 0 Å². The molecule has 0 aromatic heterocycles. The number of amides is 2. The van der Waals surface area contributed by atoms with E-state index in [0.717, 1.165) is 0 Å². The van der Waals surface area contributed by atoms with Gasteiger partial charge in [-0.2, -0.15) is 0 Å². The number of benzene rings is 2. The lowest BCUT2D eigenvalue weighted by Crippen LogP contribution is -2.37. The van der Waals surface area contributed by atoms with Gasteiger partial charge in [0.05, 0.1) is 16.1 Å². The first-order valence-electron chi connectivity index (χ1n) is 8.15. The van der Waals surface area contributed by atoms with Crippen LogP contribution in [0.2, 0.25) is 5.02 Å². The molecule has 6 heteroatoms. The summed E-state index contributed by atoms with van der Waals surface area (Å²) in [5.74, 6) is -1.02. The maximum Gasteiger partial charge on any atom is 0.256 e. The largest absolute Gasteiger partial charge is 0.337 e. The van der Waals surface area contributed by atoms with Crippen molar-refractivity contribution in [1.29, 1.82) is 0 Å². The Hall–Kier alpha value is -2.40. The fraction of sp³-hybridized carbons (Fsp3) is 0.263. The van der Waals surface area contributed by atoms with Crippen molar-refractivity contribution in [3.8, 4) is 0 Å². The molecule has 25 heavy (non-hydrogen) atoms. The number of halogens is 2. The fourth-order valence-electron chi connectivity index (χ4n) is 2.93. The zero-order valence-corrected chi connectivity index (χ0v) is 14.4. The van der Waals surface area contributed by atoms with Gasteiger partial charge in [-0.15, -0.1) is 0 Å². The molecule has 2 aromatic carbocycles. The van der Waals surface area contributed by atoms with Crippen LogP contribution >= 0.6 is 11.6 Å². The van der Waals surface area contributed by atoms with Crippen LogP contribution in [0.15, 0.2) is 48.5 Å². The van der Waals surface area contributed by atoms with E-state index in [1.54, 1.807) is 46.2 Å². The highest BCUT2D eigenvalue weighted by Gasteiger charge is 2.25. The third-order valence-corrected chi connectivity index (χ3v) is 4.61. The van der Waals surface area contributed by atoms with Gasteiger partial charge in [-0.1, -0.05) is 35.9 Å². The SMILES string of the molecule is O=C(c1ccccc1F)N1CCCN(C(=O)c2ccccc2Cl)CC1. The molecule has 0 unspecified atom stereocenters. The second kappa shape index (κ2) is 7.66. The van der Waals surface area contributed by atoms with Gasteiger partial charge in [-0.05, 0) is 30.7 Å². The Morgan fingerprint density at radius 2 is 1.32 bits per heavy atom. The van der Waals surface area contributed by atoms with E-state index in [2.05, 4.69) is 0 Å². The third-order valence-electron chi connectivity index (χ3n) is 4.28. The highest BCUT2D eigenvalue weighted by molar-refractivity contribution is 6.33. The van der Waals surface area contributed by atoms with Crippen molar-refractivity contribution in [2.75, 3.05) is 26.2 Å². The molecule has 2 aromatic rings. The highest BCUT2D eigenvalue weighted by Crippen LogP contribution is 2.19. The minimum absolute atomic E-state index is 0.0633. The van der Waals surface area contributed by atoms with E-state index in [1.165, 1.54) is 12.1 Å². The van der Waals surface area contributed by atoms with Crippen LogP contribution in [-0.2, 0) is 0 Å². The van der Waals surface area contributed by atoms with Crippen LogP contribution < -0.4 is 0 Å². The average Bonchev–Trinajstić information content (AvgIpc) is 2.87. The lowest BCUT2D eigenvalue weighted by molar-refractivity contribution is 0.0716. The number of hydrogen-bond donors (Lipinski definition) is 0. The summed E-state index contributed by atoms with van der Waals surface area (Å²) >= 11 is 6.10. The van der Waals surface area contributed by atoms with E-state index in [9.17, 15) is 14.0 Å². The summed E-state index contributed by atoms with van der Waals surface area (Å²) in [4.78, 5) is 28.5. The summed E-state index contributed by atoms with van der Waals surface area (Å²) in [5.41, 5.74) is 0.520. The molecular formula is C19H18ClFN2O2. The van der Waals surface area contributed by atoms with Crippen molar-refractivity contribution in [3.63, 3.8) is 0 Å². The first-order valence-corrected chi connectivity index (χ1v) is 8.53. The van der Waals surface area contributed by atoms with Gasteiger partial charge < -0.3 is 9.80 Å².